The van der Waals surface area contributed by atoms with Crippen LogP contribution in [-0.4, -0.2) is 44.6 Å². The van der Waals surface area contributed by atoms with Crippen LogP contribution in [0.5, 0.6) is 0 Å². The molecule has 152 valence electrons. The van der Waals surface area contributed by atoms with Gasteiger partial charge >= 0.3 is 6.18 Å². The molecule has 0 amide bonds. The molecule has 0 unspecified atom stereocenters. The fourth-order valence-corrected chi connectivity index (χ4v) is 8.24. The van der Waals surface area contributed by atoms with Crippen LogP contribution in [0.25, 0.3) is 0 Å². The first-order valence-corrected chi connectivity index (χ1v) is 10.3. The van der Waals surface area contributed by atoms with E-state index in [9.17, 15) is 26.7 Å². The number of benzene rings is 1. The highest BCUT2D eigenvalue weighted by atomic mass is 32.2. The van der Waals surface area contributed by atoms with Gasteiger partial charge in [0.1, 0.15) is 4.75 Å². The highest BCUT2D eigenvalue weighted by Crippen LogP contribution is 2.62. The van der Waals surface area contributed by atoms with E-state index in [1.165, 1.54) is 19.2 Å². The van der Waals surface area contributed by atoms with Gasteiger partial charge in [0.2, 0.25) is 10.0 Å². The lowest BCUT2D eigenvalue weighted by Crippen LogP contribution is -2.54. The van der Waals surface area contributed by atoms with Crippen molar-refractivity contribution in [3.05, 3.63) is 29.3 Å². The smallest absolute Gasteiger partial charge is 0.393 e. The summed E-state index contributed by atoms with van der Waals surface area (Å²) in [4.78, 5) is 0. The first-order chi connectivity index (χ1) is 13.1. The minimum absolute atomic E-state index is 0.0182. The van der Waals surface area contributed by atoms with Crippen molar-refractivity contribution < 1.29 is 31.4 Å². The molecule has 1 aromatic carbocycles. The number of alkyl halides is 3. The van der Waals surface area contributed by atoms with Crippen LogP contribution in [0.1, 0.15) is 24.0 Å². The number of aliphatic hydroxyl groups excluding tert-OH is 1. The van der Waals surface area contributed by atoms with Crippen LogP contribution in [-0.2, 0) is 20.9 Å². The zero-order valence-corrected chi connectivity index (χ0v) is 15.8. The molecule has 0 spiro atoms. The lowest BCUT2D eigenvalue weighted by atomic mass is 9.77. The lowest BCUT2D eigenvalue weighted by Gasteiger charge is -2.38. The van der Waals surface area contributed by atoms with Crippen molar-refractivity contribution in [3.63, 3.8) is 0 Å². The molecule has 10 heteroatoms. The van der Waals surface area contributed by atoms with Crippen molar-refractivity contribution in [3.8, 4) is 6.07 Å². The summed E-state index contributed by atoms with van der Waals surface area (Å²) < 4.78 is 72.0. The summed E-state index contributed by atoms with van der Waals surface area (Å²) in [6.45, 7) is -0.0695. The molecule has 1 saturated heterocycles. The third kappa shape index (κ3) is 2.36. The number of rotatable bonds is 3. The van der Waals surface area contributed by atoms with Crippen LogP contribution in [0, 0.1) is 29.1 Å². The number of nitriles is 1. The molecule has 6 nitrogen and oxygen atoms in total. The Morgan fingerprint density at radius 1 is 1.36 bits per heavy atom. The molecule has 0 radical (unpaired) electrons. The van der Waals surface area contributed by atoms with Gasteiger partial charge in [-0.3, -0.25) is 4.31 Å². The van der Waals surface area contributed by atoms with Gasteiger partial charge in [-0.2, -0.15) is 18.4 Å². The summed E-state index contributed by atoms with van der Waals surface area (Å²) >= 11 is 0. The standard InChI is InChI=1S/C18H19F3N2O4S/c1-27-9-17-14-4-11(5-16(14)24)15(17)8-23(28(17,25)26)12-3-2-10(7-22)13(6-12)18(19,20)21/h2-3,6,11,14-16,24H,4-5,8-9H2,1H3/t11-,14+,15+,16+,17-/m1/s1. The maximum Gasteiger partial charge on any atom is 0.417 e. The minimum atomic E-state index is -4.78. The van der Waals surface area contributed by atoms with E-state index in [-0.39, 0.29) is 30.7 Å². The maximum absolute atomic E-state index is 13.5. The van der Waals surface area contributed by atoms with Crippen molar-refractivity contribution in [2.75, 3.05) is 24.6 Å². The summed E-state index contributed by atoms with van der Waals surface area (Å²) in [7, 11) is -2.71. The second-order valence-electron chi connectivity index (χ2n) is 7.78. The first-order valence-electron chi connectivity index (χ1n) is 8.88. The highest BCUT2D eigenvalue weighted by Gasteiger charge is 2.73. The van der Waals surface area contributed by atoms with Crippen LogP contribution in [0.3, 0.4) is 0 Å². The van der Waals surface area contributed by atoms with Crippen LogP contribution < -0.4 is 4.31 Å². The number of hydrogen-bond donors (Lipinski definition) is 1. The van der Waals surface area contributed by atoms with Gasteiger partial charge in [-0.05, 0) is 37.0 Å². The van der Waals surface area contributed by atoms with E-state index >= 15 is 0 Å². The van der Waals surface area contributed by atoms with Crippen molar-refractivity contribution in [2.24, 2.45) is 17.8 Å². The van der Waals surface area contributed by atoms with E-state index in [4.69, 9.17) is 10.00 Å². The average molecular weight is 416 g/mol. The molecule has 28 heavy (non-hydrogen) atoms. The van der Waals surface area contributed by atoms with Crippen molar-refractivity contribution >= 4 is 15.7 Å². The van der Waals surface area contributed by atoms with E-state index in [1.54, 1.807) is 0 Å². The number of sulfonamides is 1. The van der Waals surface area contributed by atoms with E-state index in [1.807, 2.05) is 0 Å². The zero-order valence-electron chi connectivity index (χ0n) is 15.0. The van der Waals surface area contributed by atoms with Gasteiger partial charge in [0, 0.05) is 25.5 Å². The Balaban J connectivity index is 1.83. The Bertz CT molecular complexity index is 959. The Morgan fingerprint density at radius 2 is 2.07 bits per heavy atom. The van der Waals surface area contributed by atoms with Gasteiger partial charge in [0.25, 0.3) is 0 Å². The Hall–Kier alpha value is -1.83. The maximum atomic E-state index is 13.5. The third-order valence-corrected chi connectivity index (χ3v) is 9.23. The van der Waals surface area contributed by atoms with E-state index in [0.717, 1.165) is 16.4 Å². The van der Waals surface area contributed by atoms with Crippen LogP contribution in [0.15, 0.2) is 18.2 Å². The van der Waals surface area contributed by atoms with Gasteiger partial charge < -0.3 is 9.84 Å². The lowest BCUT2D eigenvalue weighted by molar-refractivity contribution is -0.137. The molecule has 1 heterocycles. The summed E-state index contributed by atoms with van der Waals surface area (Å²) in [5.74, 6) is -0.843. The highest BCUT2D eigenvalue weighted by molar-refractivity contribution is 7.94. The summed E-state index contributed by atoms with van der Waals surface area (Å²) in [6, 6.07) is 4.44. The predicted molar refractivity (Wildman–Crippen MR) is 92.7 cm³/mol. The van der Waals surface area contributed by atoms with Crippen LogP contribution >= 0.6 is 0 Å². The Labute approximate surface area is 160 Å². The molecule has 1 N–H and O–H groups in total. The van der Waals surface area contributed by atoms with Crippen LogP contribution in [0.4, 0.5) is 18.9 Å². The van der Waals surface area contributed by atoms with Gasteiger partial charge in [-0.15, -0.1) is 0 Å². The molecular weight excluding hydrogens is 397 g/mol. The quantitative estimate of drug-likeness (QED) is 0.815. The Kier molecular flexibility index (Phi) is 4.23. The van der Waals surface area contributed by atoms with Crippen LogP contribution in [0.2, 0.25) is 0 Å². The molecule has 4 rings (SSSR count). The number of halogens is 3. The van der Waals surface area contributed by atoms with E-state index in [0.29, 0.717) is 12.8 Å². The fourth-order valence-electron chi connectivity index (χ4n) is 5.53. The molecule has 2 aliphatic carbocycles. The van der Waals surface area contributed by atoms with E-state index in [2.05, 4.69) is 0 Å². The second-order valence-corrected chi connectivity index (χ2v) is 9.93. The molecule has 0 aromatic heterocycles. The SMILES string of the molecule is COC[C@@]12[C@@H](CN(c3ccc(C#N)c(C(F)(F)F)c3)S1(=O)=O)[C@H]1C[C@H](O)[C@@H]2C1. The number of anilines is 1. The van der Waals surface area contributed by atoms with Gasteiger partial charge in [0.05, 0.1) is 35.6 Å². The summed E-state index contributed by atoms with van der Waals surface area (Å²) in [5.41, 5.74) is -1.84. The zero-order chi connectivity index (χ0) is 20.5. The topological polar surface area (TPSA) is 90.6 Å². The number of aliphatic hydroxyl groups is 1. The molecule has 2 bridgehead atoms. The van der Waals surface area contributed by atoms with E-state index < -0.39 is 44.1 Å². The van der Waals surface area contributed by atoms with Crippen molar-refractivity contribution in [1.29, 1.82) is 5.26 Å². The summed E-state index contributed by atoms with van der Waals surface area (Å²) in [5, 5.41) is 19.3. The van der Waals surface area contributed by atoms with Crippen molar-refractivity contribution in [1.82, 2.24) is 0 Å². The fraction of sp³-hybridized carbons (Fsp3) is 0.611. The largest absolute Gasteiger partial charge is 0.417 e. The van der Waals surface area contributed by atoms with Crippen molar-refractivity contribution in [2.45, 2.75) is 29.9 Å². The molecule has 1 aromatic rings. The molecule has 3 fully saturated rings. The normalized spacial score (nSPS) is 35.8. The third-order valence-electron chi connectivity index (χ3n) is 6.61. The molecule has 2 saturated carbocycles. The number of methoxy groups -OCH3 is 1. The average Bonchev–Trinajstić information content (AvgIpc) is 3.21. The minimum Gasteiger partial charge on any atom is -0.393 e. The Morgan fingerprint density at radius 3 is 2.68 bits per heavy atom. The number of nitrogens with zero attached hydrogens (tertiary/aromatic N) is 2. The number of hydrogen-bond acceptors (Lipinski definition) is 5. The predicted octanol–water partition coefficient (Wildman–Crippen LogP) is 2.13. The number of ether oxygens (including phenoxy) is 1. The molecule has 5 atom stereocenters. The van der Waals surface area contributed by atoms with Gasteiger partial charge in [-0.25, -0.2) is 8.42 Å². The molecular formula is C18H19F3N2O4S. The first kappa shape index (κ1) is 19.5. The monoisotopic (exact) mass is 416 g/mol. The van der Waals surface area contributed by atoms with Gasteiger partial charge in [0.15, 0.2) is 0 Å². The second kappa shape index (κ2) is 6.08. The molecule has 1 aliphatic heterocycles. The summed E-state index contributed by atoms with van der Waals surface area (Å²) in [6.07, 6.45) is -4.48. The van der Waals surface area contributed by atoms with Gasteiger partial charge in [-0.1, -0.05) is 0 Å². The molecule has 3 aliphatic rings. The number of fused-ring (bicyclic) bond motifs is 5.